The number of thiazole rings is 1. The third-order valence-electron chi connectivity index (χ3n) is 6.37. The van der Waals surface area contributed by atoms with Crippen LogP contribution in [0.5, 0.6) is 5.88 Å². The number of hydrogen-bond donors (Lipinski definition) is 1. The van der Waals surface area contributed by atoms with E-state index in [9.17, 15) is 12.8 Å². The molecule has 12 heteroatoms. The van der Waals surface area contributed by atoms with Gasteiger partial charge in [-0.05, 0) is 25.1 Å². The number of morpholine rings is 1. The molecule has 4 heterocycles. The number of aromatic nitrogens is 3. The number of fused-ring (bicyclic) bond motifs is 2. The third kappa shape index (κ3) is 5.30. The summed E-state index contributed by atoms with van der Waals surface area (Å²) < 4.78 is 50.0. The van der Waals surface area contributed by atoms with Crippen molar-refractivity contribution in [3.63, 3.8) is 0 Å². The average Bonchev–Trinajstić information content (AvgIpc) is 3.31. The van der Waals surface area contributed by atoms with Gasteiger partial charge in [-0.25, -0.2) is 27.8 Å². The molecule has 0 radical (unpaired) electrons. The SMILES string of the molecule is Cc1c(Nc2ccc(S(C)(=O)=O)cc2F)ncnc1OC1CC2COC[C@@H](C1)N2Cc1nccs1. The predicted octanol–water partition coefficient (Wildman–Crippen LogP) is 3.34. The summed E-state index contributed by atoms with van der Waals surface area (Å²) in [6.07, 6.45) is 5.81. The molecule has 0 spiro atoms. The van der Waals surface area contributed by atoms with Gasteiger partial charge in [-0.15, -0.1) is 11.3 Å². The van der Waals surface area contributed by atoms with Gasteiger partial charge in [-0.1, -0.05) is 0 Å². The van der Waals surface area contributed by atoms with Gasteiger partial charge in [-0.2, -0.15) is 0 Å². The Morgan fingerprint density at radius 3 is 2.66 bits per heavy atom. The molecule has 0 aliphatic carbocycles. The van der Waals surface area contributed by atoms with Crippen LogP contribution in [0.3, 0.4) is 0 Å². The number of halogens is 1. The Labute approximate surface area is 207 Å². The van der Waals surface area contributed by atoms with Crippen molar-refractivity contribution in [2.24, 2.45) is 0 Å². The maximum Gasteiger partial charge on any atom is 0.221 e. The lowest BCUT2D eigenvalue weighted by Crippen LogP contribution is -2.58. The zero-order chi connectivity index (χ0) is 24.6. The third-order valence-corrected chi connectivity index (χ3v) is 8.24. The number of hydrogen-bond acceptors (Lipinski definition) is 10. The van der Waals surface area contributed by atoms with E-state index in [-0.39, 0.29) is 28.8 Å². The fourth-order valence-electron chi connectivity index (χ4n) is 4.57. The van der Waals surface area contributed by atoms with Crippen molar-refractivity contribution in [2.45, 2.75) is 49.4 Å². The summed E-state index contributed by atoms with van der Waals surface area (Å²) >= 11 is 1.66. The van der Waals surface area contributed by atoms with Crippen LogP contribution in [-0.4, -0.2) is 65.9 Å². The Kier molecular flexibility index (Phi) is 6.71. The largest absolute Gasteiger partial charge is 0.474 e. The van der Waals surface area contributed by atoms with Crippen LogP contribution in [0.1, 0.15) is 23.4 Å². The first-order valence-electron chi connectivity index (χ1n) is 11.2. The predicted molar refractivity (Wildman–Crippen MR) is 129 cm³/mol. The minimum Gasteiger partial charge on any atom is -0.474 e. The molecule has 2 aliphatic heterocycles. The molecule has 0 saturated carbocycles. The number of rotatable bonds is 7. The summed E-state index contributed by atoms with van der Waals surface area (Å²) in [4.78, 5) is 15.4. The minimum absolute atomic E-state index is 0.0336. The quantitative estimate of drug-likeness (QED) is 0.503. The average molecular weight is 520 g/mol. The van der Waals surface area contributed by atoms with E-state index in [0.717, 1.165) is 36.7 Å². The molecule has 2 fully saturated rings. The van der Waals surface area contributed by atoms with Crippen LogP contribution in [0.25, 0.3) is 0 Å². The summed E-state index contributed by atoms with van der Waals surface area (Å²) in [6.45, 7) is 3.93. The first-order valence-corrected chi connectivity index (χ1v) is 14.0. The van der Waals surface area contributed by atoms with Crippen LogP contribution in [0.4, 0.5) is 15.9 Å². The standard InChI is InChI=1S/C23H26FN5O4S2/c1-14-22(28-20-4-3-18(9-19(20)24)35(2,30)31)26-13-27-23(14)33-17-7-15-11-32-12-16(8-17)29(15)10-21-25-5-6-34-21/h3-6,9,13,15-17H,7-8,10-12H2,1-2H3,(H,26,27,28)/t15-,16?,17?/m1/s1. The van der Waals surface area contributed by atoms with Crippen molar-refractivity contribution < 1.29 is 22.3 Å². The van der Waals surface area contributed by atoms with Crippen LogP contribution in [-0.2, 0) is 21.1 Å². The first-order chi connectivity index (χ1) is 16.8. The van der Waals surface area contributed by atoms with Crippen molar-refractivity contribution in [1.82, 2.24) is 19.9 Å². The summed E-state index contributed by atoms with van der Waals surface area (Å²) in [7, 11) is -3.50. The lowest BCUT2D eigenvalue weighted by Gasteiger charge is -2.47. The second-order valence-corrected chi connectivity index (χ2v) is 11.8. The molecule has 5 rings (SSSR count). The van der Waals surface area contributed by atoms with Crippen LogP contribution < -0.4 is 10.1 Å². The maximum atomic E-state index is 14.6. The molecule has 2 bridgehead atoms. The Morgan fingerprint density at radius 2 is 2.00 bits per heavy atom. The Bertz CT molecular complexity index is 1290. The van der Waals surface area contributed by atoms with Crippen molar-refractivity contribution in [3.8, 4) is 5.88 Å². The molecule has 1 N–H and O–H groups in total. The number of nitrogens with zero attached hydrogens (tertiary/aromatic N) is 4. The van der Waals surface area contributed by atoms with Crippen LogP contribution >= 0.6 is 11.3 Å². The van der Waals surface area contributed by atoms with Crippen molar-refractivity contribution >= 4 is 32.7 Å². The highest BCUT2D eigenvalue weighted by molar-refractivity contribution is 7.90. The van der Waals surface area contributed by atoms with E-state index < -0.39 is 15.7 Å². The molecule has 186 valence electrons. The number of nitrogens with one attached hydrogen (secondary N) is 1. The van der Waals surface area contributed by atoms with E-state index in [1.807, 2.05) is 18.5 Å². The zero-order valence-corrected chi connectivity index (χ0v) is 21.0. The molecule has 2 unspecified atom stereocenters. The second kappa shape index (κ2) is 9.76. The highest BCUT2D eigenvalue weighted by atomic mass is 32.2. The minimum atomic E-state index is -3.50. The van der Waals surface area contributed by atoms with Crippen LogP contribution in [0, 0.1) is 12.7 Å². The highest BCUT2D eigenvalue weighted by Gasteiger charge is 2.40. The Hall–Kier alpha value is -2.67. The van der Waals surface area contributed by atoms with Gasteiger partial charge in [0.25, 0.3) is 0 Å². The number of sulfone groups is 1. The number of piperidine rings is 1. The summed E-state index contributed by atoms with van der Waals surface area (Å²) in [5, 5.41) is 6.02. The van der Waals surface area contributed by atoms with E-state index in [2.05, 4.69) is 25.2 Å². The molecule has 2 aliphatic rings. The number of benzene rings is 1. The molecular formula is C23H26FN5O4S2. The van der Waals surface area contributed by atoms with Crippen molar-refractivity contribution in [2.75, 3.05) is 24.8 Å². The molecule has 2 aromatic heterocycles. The molecule has 3 aromatic rings. The molecule has 35 heavy (non-hydrogen) atoms. The fraction of sp³-hybridized carbons (Fsp3) is 0.435. The Balaban J connectivity index is 1.29. The van der Waals surface area contributed by atoms with E-state index in [0.29, 0.717) is 30.5 Å². The van der Waals surface area contributed by atoms with Gasteiger partial charge >= 0.3 is 0 Å². The highest BCUT2D eigenvalue weighted by Crippen LogP contribution is 2.33. The fourth-order valence-corrected chi connectivity index (χ4v) is 5.83. The summed E-state index contributed by atoms with van der Waals surface area (Å²) in [6, 6.07) is 4.20. The lowest BCUT2D eigenvalue weighted by molar-refractivity contribution is -0.104. The molecule has 2 saturated heterocycles. The topological polar surface area (TPSA) is 107 Å². The lowest BCUT2D eigenvalue weighted by atomic mass is 9.92. The summed E-state index contributed by atoms with van der Waals surface area (Å²) in [5.74, 6) is 0.146. The van der Waals surface area contributed by atoms with E-state index in [1.54, 1.807) is 11.3 Å². The van der Waals surface area contributed by atoms with E-state index in [4.69, 9.17) is 9.47 Å². The first kappa shape index (κ1) is 24.0. The van der Waals surface area contributed by atoms with Gasteiger partial charge < -0.3 is 14.8 Å². The monoisotopic (exact) mass is 519 g/mol. The van der Waals surface area contributed by atoms with E-state index in [1.165, 1.54) is 18.5 Å². The molecule has 1 aromatic carbocycles. The second-order valence-electron chi connectivity index (χ2n) is 8.85. The Morgan fingerprint density at radius 1 is 1.23 bits per heavy atom. The van der Waals surface area contributed by atoms with Crippen molar-refractivity contribution in [1.29, 1.82) is 0 Å². The van der Waals surface area contributed by atoms with Crippen LogP contribution in [0.2, 0.25) is 0 Å². The van der Waals surface area contributed by atoms with Gasteiger partial charge in [0.05, 0.1) is 35.9 Å². The smallest absolute Gasteiger partial charge is 0.221 e. The number of anilines is 2. The molecular weight excluding hydrogens is 493 g/mol. The molecule has 0 amide bonds. The normalized spacial score (nSPS) is 22.7. The van der Waals surface area contributed by atoms with Gasteiger partial charge in [0.1, 0.15) is 29.1 Å². The van der Waals surface area contributed by atoms with Crippen LogP contribution in [0.15, 0.2) is 41.0 Å². The maximum absolute atomic E-state index is 14.6. The number of ether oxygens (including phenoxy) is 2. The van der Waals surface area contributed by atoms with E-state index >= 15 is 0 Å². The van der Waals surface area contributed by atoms with Gasteiger partial charge in [0, 0.05) is 42.8 Å². The molecule has 3 atom stereocenters. The summed E-state index contributed by atoms with van der Waals surface area (Å²) in [5.41, 5.74) is 0.762. The van der Waals surface area contributed by atoms with Gasteiger partial charge in [0.2, 0.25) is 5.88 Å². The molecule has 9 nitrogen and oxygen atoms in total. The van der Waals surface area contributed by atoms with Crippen molar-refractivity contribution in [3.05, 3.63) is 52.5 Å². The van der Waals surface area contributed by atoms with Gasteiger partial charge in [0.15, 0.2) is 9.84 Å². The zero-order valence-electron chi connectivity index (χ0n) is 19.3. The van der Waals surface area contributed by atoms with Gasteiger partial charge in [-0.3, -0.25) is 4.90 Å².